The van der Waals surface area contributed by atoms with Crippen molar-refractivity contribution in [2.24, 2.45) is 22.7 Å². The molecule has 0 aromatic rings. The first-order valence-corrected chi connectivity index (χ1v) is 9.87. The number of esters is 1. The molecule has 7 nitrogen and oxygen atoms in total. The van der Waals surface area contributed by atoms with E-state index in [1.165, 1.54) is 0 Å². The maximum Gasteiger partial charge on any atom is 0.320 e. The Kier molecular flexibility index (Phi) is 3.28. The number of hydrogen-bond acceptors (Lipinski definition) is 7. The number of carbonyl (C=O) groups is 3. The molecule has 2 saturated carbocycles. The molecule has 3 heterocycles. The lowest BCUT2D eigenvalue weighted by atomic mass is 9.44. The predicted octanol–water partition coefficient (Wildman–Crippen LogP) is 1.15. The molecule has 0 aromatic heterocycles. The van der Waals surface area contributed by atoms with Gasteiger partial charge in [0.15, 0.2) is 17.7 Å². The first-order valence-electron chi connectivity index (χ1n) is 9.87. The summed E-state index contributed by atoms with van der Waals surface area (Å²) in [6.07, 6.45) is 0.455. The zero-order chi connectivity index (χ0) is 19.4. The molecule has 0 aromatic carbocycles. The van der Waals surface area contributed by atoms with Crippen molar-refractivity contribution in [1.82, 2.24) is 0 Å². The Bertz CT molecular complexity index is 763. The van der Waals surface area contributed by atoms with Crippen molar-refractivity contribution in [3.63, 3.8) is 0 Å². The van der Waals surface area contributed by atoms with E-state index in [4.69, 9.17) is 14.2 Å². The van der Waals surface area contributed by atoms with Crippen LogP contribution in [0.5, 0.6) is 0 Å². The maximum absolute atomic E-state index is 13.1. The van der Waals surface area contributed by atoms with Crippen molar-refractivity contribution in [2.45, 2.75) is 76.5 Å². The predicted molar refractivity (Wildman–Crippen MR) is 90.4 cm³/mol. The van der Waals surface area contributed by atoms with Crippen LogP contribution in [-0.4, -0.2) is 52.8 Å². The highest BCUT2D eigenvalue weighted by Gasteiger charge is 2.78. The smallest absolute Gasteiger partial charge is 0.320 e. The van der Waals surface area contributed by atoms with E-state index in [0.717, 1.165) is 0 Å². The third kappa shape index (κ3) is 1.81. The third-order valence-electron chi connectivity index (χ3n) is 8.48. The van der Waals surface area contributed by atoms with Gasteiger partial charge in [-0.05, 0) is 25.7 Å². The molecule has 0 bridgehead atoms. The zero-order valence-corrected chi connectivity index (χ0v) is 15.9. The summed E-state index contributed by atoms with van der Waals surface area (Å²) in [5.74, 6) is -0.870. The lowest BCUT2D eigenvalue weighted by molar-refractivity contribution is -0.247. The largest absolute Gasteiger partial charge is 0.461 e. The van der Waals surface area contributed by atoms with Crippen LogP contribution in [0.3, 0.4) is 0 Å². The van der Waals surface area contributed by atoms with Crippen LogP contribution >= 0.6 is 0 Å². The second kappa shape index (κ2) is 4.99. The molecule has 0 radical (unpaired) electrons. The van der Waals surface area contributed by atoms with Gasteiger partial charge in [-0.1, -0.05) is 13.8 Å². The van der Waals surface area contributed by atoms with Gasteiger partial charge in [0.1, 0.15) is 17.3 Å². The van der Waals surface area contributed by atoms with Crippen LogP contribution in [0.2, 0.25) is 0 Å². The van der Waals surface area contributed by atoms with Crippen LogP contribution in [0.15, 0.2) is 0 Å². The molecule has 7 heteroatoms. The van der Waals surface area contributed by atoms with Gasteiger partial charge in [-0.2, -0.15) is 0 Å². The summed E-state index contributed by atoms with van der Waals surface area (Å²) in [4.78, 5) is 38.5. The molecule has 2 spiro atoms. The molecule has 5 fully saturated rings. The fraction of sp³-hybridized carbons (Fsp3) is 0.850. The molecule has 5 rings (SSSR count). The summed E-state index contributed by atoms with van der Waals surface area (Å²) in [5, 5.41) is 9.86. The van der Waals surface area contributed by atoms with Gasteiger partial charge < -0.3 is 19.3 Å². The van der Waals surface area contributed by atoms with Crippen molar-refractivity contribution < 1.29 is 33.7 Å². The number of aliphatic hydroxyl groups excluding tert-OH is 1. The molecule has 148 valence electrons. The van der Waals surface area contributed by atoms with Crippen molar-refractivity contribution in [1.29, 1.82) is 0 Å². The SMILES string of the molecule is C[C@@H]1C[C@H]2OC(=O)[C@@]3(C)C(=O)CC[C@@](C)([C@@H]23)[C@@]12CC(=O)[C@]1(CO[C@@H](O)C1)O2. The lowest BCUT2D eigenvalue weighted by Gasteiger charge is -2.61. The van der Waals surface area contributed by atoms with Gasteiger partial charge in [-0.15, -0.1) is 0 Å². The molecule has 5 aliphatic rings. The van der Waals surface area contributed by atoms with Crippen LogP contribution in [0.4, 0.5) is 0 Å². The van der Waals surface area contributed by atoms with E-state index < -0.39 is 34.3 Å². The van der Waals surface area contributed by atoms with E-state index in [-0.39, 0.29) is 55.4 Å². The number of Topliss-reactive ketones (excluding diaryl/α,β-unsaturated/α-hetero) is 2. The fourth-order valence-electron chi connectivity index (χ4n) is 7.04. The van der Waals surface area contributed by atoms with Crippen LogP contribution in [-0.2, 0) is 28.6 Å². The van der Waals surface area contributed by atoms with E-state index in [9.17, 15) is 19.5 Å². The zero-order valence-electron chi connectivity index (χ0n) is 15.9. The van der Waals surface area contributed by atoms with Crippen molar-refractivity contribution >= 4 is 17.5 Å². The second-order valence-corrected chi connectivity index (χ2v) is 9.66. The summed E-state index contributed by atoms with van der Waals surface area (Å²) >= 11 is 0. The second-order valence-electron chi connectivity index (χ2n) is 9.66. The summed E-state index contributed by atoms with van der Waals surface area (Å²) in [6.45, 7) is 5.86. The number of carbonyl (C=O) groups excluding carboxylic acids is 3. The molecule has 0 amide bonds. The Morgan fingerprint density at radius 1 is 1.15 bits per heavy atom. The summed E-state index contributed by atoms with van der Waals surface area (Å²) < 4.78 is 17.6. The van der Waals surface area contributed by atoms with Crippen LogP contribution in [0, 0.1) is 22.7 Å². The normalized spacial score (nSPS) is 56.8. The van der Waals surface area contributed by atoms with Crippen LogP contribution in [0.25, 0.3) is 0 Å². The maximum atomic E-state index is 13.1. The van der Waals surface area contributed by atoms with Crippen LogP contribution < -0.4 is 0 Å². The Morgan fingerprint density at radius 2 is 1.89 bits per heavy atom. The average Bonchev–Trinajstić information content (AvgIpc) is 3.19. The Morgan fingerprint density at radius 3 is 2.56 bits per heavy atom. The van der Waals surface area contributed by atoms with Gasteiger partial charge in [0.2, 0.25) is 0 Å². The standard InChI is InChI=1S/C20H26O7/c1-10-6-11-15-17(2,5-4-12(21)18(15,3)16(24)26-11)20(10)7-13(22)19(27-20)8-14(23)25-9-19/h10-11,14-15,23H,4-9H2,1-3H3/t10-,11-,14-,15-,17+,18+,19+,20-/m1/s1. The summed E-state index contributed by atoms with van der Waals surface area (Å²) in [6, 6.07) is 0. The van der Waals surface area contributed by atoms with Gasteiger partial charge in [0.25, 0.3) is 0 Å². The van der Waals surface area contributed by atoms with Gasteiger partial charge in [-0.3, -0.25) is 14.4 Å². The number of aliphatic hydroxyl groups is 1. The van der Waals surface area contributed by atoms with Gasteiger partial charge >= 0.3 is 5.97 Å². The van der Waals surface area contributed by atoms with Gasteiger partial charge in [0, 0.05) is 30.6 Å². The highest BCUT2D eigenvalue weighted by Crippen LogP contribution is 2.69. The number of hydrogen-bond donors (Lipinski definition) is 1. The number of ether oxygens (including phenoxy) is 3. The number of fused-ring (bicyclic) bond motifs is 1. The monoisotopic (exact) mass is 378 g/mol. The molecular weight excluding hydrogens is 352 g/mol. The Hall–Kier alpha value is -1.31. The molecule has 2 aliphatic carbocycles. The minimum absolute atomic E-state index is 0.0202. The van der Waals surface area contributed by atoms with Crippen molar-refractivity contribution in [3.05, 3.63) is 0 Å². The number of rotatable bonds is 0. The molecule has 0 unspecified atom stereocenters. The van der Waals surface area contributed by atoms with E-state index in [1.54, 1.807) is 6.92 Å². The molecule has 1 N–H and O–H groups in total. The third-order valence-corrected chi connectivity index (χ3v) is 8.48. The minimum atomic E-state index is -1.17. The summed E-state index contributed by atoms with van der Waals surface area (Å²) in [5.41, 5.74) is -3.62. The van der Waals surface area contributed by atoms with E-state index in [0.29, 0.717) is 12.8 Å². The van der Waals surface area contributed by atoms with Gasteiger partial charge in [0.05, 0.1) is 12.2 Å². The Balaban J connectivity index is 1.64. The van der Waals surface area contributed by atoms with Gasteiger partial charge in [-0.25, -0.2) is 0 Å². The Labute approximate surface area is 157 Å². The number of ketones is 2. The molecule has 3 aliphatic heterocycles. The van der Waals surface area contributed by atoms with E-state index >= 15 is 0 Å². The van der Waals surface area contributed by atoms with Crippen LogP contribution in [0.1, 0.15) is 52.9 Å². The highest BCUT2D eigenvalue weighted by atomic mass is 16.6. The molecule has 27 heavy (non-hydrogen) atoms. The highest BCUT2D eigenvalue weighted by molar-refractivity contribution is 6.06. The van der Waals surface area contributed by atoms with Crippen molar-refractivity contribution in [2.75, 3.05) is 6.61 Å². The topological polar surface area (TPSA) is 99.1 Å². The quantitative estimate of drug-likeness (QED) is 0.499. The molecule has 3 saturated heterocycles. The molecule has 8 atom stereocenters. The molecular formula is C20H26O7. The lowest BCUT2D eigenvalue weighted by Crippen LogP contribution is -2.67. The average molecular weight is 378 g/mol. The first kappa shape index (κ1) is 17.8. The van der Waals surface area contributed by atoms with E-state index in [2.05, 4.69) is 6.92 Å². The summed E-state index contributed by atoms with van der Waals surface area (Å²) in [7, 11) is 0. The van der Waals surface area contributed by atoms with E-state index in [1.807, 2.05) is 6.92 Å². The first-order chi connectivity index (χ1) is 12.6. The fourth-order valence-corrected chi connectivity index (χ4v) is 7.04. The minimum Gasteiger partial charge on any atom is -0.461 e. The van der Waals surface area contributed by atoms with Crippen molar-refractivity contribution in [3.8, 4) is 0 Å².